The quantitative estimate of drug-likeness (QED) is 0.874. The van der Waals surface area contributed by atoms with Crippen molar-refractivity contribution in [1.82, 2.24) is 9.97 Å². The predicted molar refractivity (Wildman–Crippen MR) is 82.7 cm³/mol. The summed E-state index contributed by atoms with van der Waals surface area (Å²) in [4.78, 5) is 20.2. The van der Waals surface area contributed by atoms with Crippen LogP contribution < -0.4 is 0 Å². The first kappa shape index (κ1) is 15.9. The monoisotopic (exact) mass is 290 g/mol. The first-order valence-corrected chi connectivity index (χ1v) is 8.13. The fourth-order valence-corrected chi connectivity index (χ4v) is 3.33. The van der Waals surface area contributed by atoms with Gasteiger partial charge in [-0.2, -0.15) is 0 Å². The minimum atomic E-state index is -0.933. The Hall–Kier alpha value is -1.45. The summed E-state index contributed by atoms with van der Waals surface area (Å²) in [6.07, 6.45) is 8.85. The molecule has 21 heavy (non-hydrogen) atoms. The fourth-order valence-electron chi connectivity index (χ4n) is 3.33. The second-order valence-corrected chi connectivity index (χ2v) is 6.49. The van der Waals surface area contributed by atoms with Gasteiger partial charge < -0.3 is 5.11 Å². The van der Waals surface area contributed by atoms with E-state index in [1.165, 1.54) is 31.9 Å². The molecule has 1 aromatic rings. The van der Waals surface area contributed by atoms with Crippen LogP contribution in [0.2, 0.25) is 0 Å². The number of hydrogen-bond donors (Lipinski definition) is 1. The summed E-state index contributed by atoms with van der Waals surface area (Å²) >= 11 is 0. The van der Waals surface area contributed by atoms with Gasteiger partial charge in [0.05, 0.1) is 11.3 Å². The lowest BCUT2D eigenvalue weighted by Gasteiger charge is -2.27. The summed E-state index contributed by atoms with van der Waals surface area (Å²) in [5.41, 5.74) is 0.914. The number of carboxylic acids is 1. The van der Waals surface area contributed by atoms with E-state index in [9.17, 15) is 9.90 Å². The van der Waals surface area contributed by atoms with Crippen molar-refractivity contribution < 1.29 is 9.90 Å². The lowest BCUT2D eigenvalue weighted by Crippen LogP contribution is -2.17. The van der Waals surface area contributed by atoms with Crippen molar-refractivity contribution in [3.05, 3.63) is 23.3 Å². The van der Waals surface area contributed by atoms with E-state index in [1.54, 1.807) is 0 Å². The topological polar surface area (TPSA) is 63.1 Å². The Labute approximate surface area is 127 Å². The predicted octanol–water partition coefficient (Wildman–Crippen LogP) is 4.37. The van der Waals surface area contributed by atoms with E-state index in [2.05, 4.69) is 16.9 Å². The van der Waals surface area contributed by atoms with Crippen LogP contribution in [0.5, 0.6) is 0 Å². The number of aromatic nitrogens is 2. The standard InChI is InChI=1S/C17H26N2O2/c1-4-5-12-6-8-13(9-7-12)16-18-10-14(17(20)21)15(19-16)11(2)3/h10-13H,4-9H2,1-3H3,(H,20,21). The van der Waals surface area contributed by atoms with Gasteiger partial charge in [-0.25, -0.2) is 14.8 Å². The molecule has 1 aliphatic rings. The van der Waals surface area contributed by atoms with Crippen LogP contribution in [0.4, 0.5) is 0 Å². The Morgan fingerprint density at radius 3 is 2.52 bits per heavy atom. The lowest BCUT2D eigenvalue weighted by molar-refractivity contribution is 0.0694. The first-order chi connectivity index (χ1) is 10.0. The number of carboxylic acid groups (broad SMARTS) is 1. The molecule has 4 nitrogen and oxygen atoms in total. The SMILES string of the molecule is CCCC1CCC(c2ncc(C(=O)O)c(C(C)C)n2)CC1. The zero-order valence-corrected chi connectivity index (χ0v) is 13.3. The van der Waals surface area contributed by atoms with E-state index in [-0.39, 0.29) is 11.5 Å². The fraction of sp³-hybridized carbons (Fsp3) is 0.706. The Morgan fingerprint density at radius 1 is 1.33 bits per heavy atom. The highest BCUT2D eigenvalue weighted by atomic mass is 16.4. The highest BCUT2D eigenvalue weighted by Gasteiger charge is 2.25. The van der Waals surface area contributed by atoms with Crippen molar-refractivity contribution in [3.63, 3.8) is 0 Å². The molecule has 1 aliphatic carbocycles. The van der Waals surface area contributed by atoms with E-state index < -0.39 is 5.97 Å². The normalized spacial score (nSPS) is 22.5. The molecule has 1 heterocycles. The zero-order chi connectivity index (χ0) is 15.4. The average molecular weight is 290 g/mol. The molecule has 0 spiro atoms. The third-order valence-corrected chi connectivity index (χ3v) is 4.52. The third-order valence-electron chi connectivity index (χ3n) is 4.52. The molecule has 1 N–H and O–H groups in total. The summed E-state index contributed by atoms with van der Waals surface area (Å²) in [6, 6.07) is 0. The molecule has 0 bridgehead atoms. The molecule has 0 saturated heterocycles. The van der Waals surface area contributed by atoms with Crippen molar-refractivity contribution in [2.45, 2.75) is 71.1 Å². The maximum absolute atomic E-state index is 11.2. The average Bonchev–Trinajstić information content (AvgIpc) is 2.47. The Morgan fingerprint density at radius 2 is 2.00 bits per heavy atom. The highest BCUT2D eigenvalue weighted by molar-refractivity contribution is 5.88. The summed E-state index contributed by atoms with van der Waals surface area (Å²) in [7, 11) is 0. The van der Waals surface area contributed by atoms with Crippen LogP contribution in [-0.2, 0) is 0 Å². The molecule has 1 fully saturated rings. The highest BCUT2D eigenvalue weighted by Crippen LogP contribution is 2.36. The summed E-state index contributed by atoms with van der Waals surface area (Å²) in [5, 5.41) is 9.23. The molecule has 0 aliphatic heterocycles. The van der Waals surface area contributed by atoms with Crippen molar-refractivity contribution >= 4 is 5.97 Å². The molecule has 4 heteroatoms. The number of rotatable bonds is 5. The Balaban J connectivity index is 2.14. The minimum absolute atomic E-state index is 0.106. The smallest absolute Gasteiger partial charge is 0.339 e. The summed E-state index contributed by atoms with van der Waals surface area (Å²) in [5.74, 6) is 1.28. The molecule has 0 radical (unpaired) electrons. The summed E-state index contributed by atoms with van der Waals surface area (Å²) in [6.45, 7) is 6.21. The van der Waals surface area contributed by atoms with Crippen molar-refractivity contribution in [1.29, 1.82) is 0 Å². The molecule has 0 amide bonds. The number of aromatic carboxylic acids is 1. The first-order valence-electron chi connectivity index (χ1n) is 8.13. The van der Waals surface area contributed by atoms with Gasteiger partial charge in [0.2, 0.25) is 0 Å². The maximum atomic E-state index is 11.2. The van der Waals surface area contributed by atoms with Crippen LogP contribution in [0.3, 0.4) is 0 Å². The molecular weight excluding hydrogens is 264 g/mol. The third kappa shape index (κ3) is 3.80. The van der Waals surface area contributed by atoms with Crippen LogP contribution >= 0.6 is 0 Å². The van der Waals surface area contributed by atoms with E-state index in [1.807, 2.05) is 13.8 Å². The summed E-state index contributed by atoms with van der Waals surface area (Å²) < 4.78 is 0. The van der Waals surface area contributed by atoms with Gasteiger partial charge in [-0.3, -0.25) is 0 Å². The maximum Gasteiger partial charge on any atom is 0.339 e. The number of nitrogens with zero attached hydrogens (tertiary/aromatic N) is 2. The minimum Gasteiger partial charge on any atom is -0.478 e. The van der Waals surface area contributed by atoms with Crippen LogP contribution in [-0.4, -0.2) is 21.0 Å². The zero-order valence-electron chi connectivity index (χ0n) is 13.3. The number of hydrogen-bond acceptors (Lipinski definition) is 3. The van der Waals surface area contributed by atoms with Gasteiger partial charge in [0, 0.05) is 12.1 Å². The molecule has 0 aromatic carbocycles. The Kier molecular flexibility index (Phi) is 5.32. The molecule has 0 unspecified atom stereocenters. The molecular formula is C17H26N2O2. The van der Waals surface area contributed by atoms with Crippen LogP contribution in [0.15, 0.2) is 6.20 Å². The second-order valence-electron chi connectivity index (χ2n) is 6.49. The Bertz CT molecular complexity index is 492. The van der Waals surface area contributed by atoms with Gasteiger partial charge in [-0.1, -0.05) is 33.6 Å². The lowest BCUT2D eigenvalue weighted by atomic mass is 9.79. The molecule has 116 valence electrons. The van der Waals surface area contributed by atoms with Crippen molar-refractivity contribution in [3.8, 4) is 0 Å². The van der Waals surface area contributed by atoms with Gasteiger partial charge in [-0.15, -0.1) is 0 Å². The molecule has 1 saturated carbocycles. The number of carbonyl (C=O) groups is 1. The van der Waals surface area contributed by atoms with Gasteiger partial charge in [0.25, 0.3) is 0 Å². The molecule has 0 atom stereocenters. The van der Waals surface area contributed by atoms with Crippen LogP contribution in [0, 0.1) is 5.92 Å². The van der Waals surface area contributed by atoms with E-state index in [0.717, 1.165) is 24.6 Å². The van der Waals surface area contributed by atoms with E-state index in [4.69, 9.17) is 0 Å². The van der Waals surface area contributed by atoms with Crippen LogP contribution in [0.1, 0.15) is 93.0 Å². The van der Waals surface area contributed by atoms with Gasteiger partial charge in [0.15, 0.2) is 0 Å². The van der Waals surface area contributed by atoms with Gasteiger partial charge >= 0.3 is 5.97 Å². The largest absolute Gasteiger partial charge is 0.478 e. The van der Waals surface area contributed by atoms with Crippen molar-refractivity contribution in [2.24, 2.45) is 5.92 Å². The van der Waals surface area contributed by atoms with Gasteiger partial charge in [-0.05, 0) is 37.5 Å². The van der Waals surface area contributed by atoms with E-state index >= 15 is 0 Å². The van der Waals surface area contributed by atoms with E-state index in [0.29, 0.717) is 11.6 Å². The molecule has 1 aromatic heterocycles. The van der Waals surface area contributed by atoms with Gasteiger partial charge in [0.1, 0.15) is 5.82 Å². The van der Waals surface area contributed by atoms with Crippen LogP contribution in [0.25, 0.3) is 0 Å². The van der Waals surface area contributed by atoms with Crippen molar-refractivity contribution in [2.75, 3.05) is 0 Å². The second kappa shape index (κ2) is 7.01. The molecule has 2 rings (SSSR count).